The second-order valence-corrected chi connectivity index (χ2v) is 11.4. The average Bonchev–Trinajstić information content (AvgIpc) is 2.90. The molecule has 226 valence electrons. The number of rotatable bonds is 16. The molecule has 0 fully saturated rings. The molecule has 0 aromatic rings. The number of nitrogens with two attached hydrogens (primary N) is 1. The molecule has 0 unspecified atom stereocenters. The van der Waals surface area contributed by atoms with Crippen molar-refractivity contribution in [1.82, 2.24) is 0 Å². The first-order chi connectivity index (χ1) is 18.7. The van der Waals surface area contributed by atoms with Gasteiger partial charge < -0.3 is 30.5 Å². The van der Waals surface area contributed by atoms with Gasteiger partial charge in [-0.05, 0) is 19.3 Å². The molecule has 0 aromatic carbocycles. The van der Waals surface area contributed by atoms with E-state index < -0.39 is 30.5 Å². The first-order valence-electron chi connectivity index (χ1n) is 14.2. The van der Waals surface area contributed by atoms with Crippen molar-refractivity contribution in [2.24, 2.45) is 41.2 Å². The zero-order valence-corrected chi connectivity index (χ0v) is 25.1. The molecule has 0 bridgehead atoms. The highest BCUT2D eigenvalue weighted by molar-refractivity contribution is 5.88. The molecule has 0 radical (unpaired) electrons. The summed E-state index contributed by atoms with van der Waals surface area (Å²) in [6, 6.07) is 0. The molecule has 1 rings (SSSR count). The standard InChI is InChI=1S/C32H51NO7/c1-9-10-12-22(5)30(40-32(33)38)25(8)29(36)20(3)14-11-13-19(2)28(35)21(4)15-16-26(34)18-27-23(6)17-24(7)31(37)39-27/h9-13,15-17,19-23,25-30,34-36H,1,14,18H2,2-8H3,(H2,33,38)/b12-10-,13-11-,16-15-/t19-,20-,21-,22-,23+,25-,26+,27-,28-,29+,30-/m0/s1. The van der Waals surface area contributed by atoms with Crippen LogP contribution < -0.4 is 5.73 Å². The maximum Gasteiger partial charge on any atom is 0.404 e. The molecule has 8 nitrogen and oxygen atoms in total. The van der Waals surface area contributed by atoms with Gasteiger partial charge in [-0.3, -0.25) is 0 Å². The molecule has 1 amide bonds. The van der Waals surface area contributed by atoms with Gasteiger partial charge in [0.1, 0.15) is 12.2 Å². The van der Waals surface area contributed by atoms with Crippen LogP contribution in [0, 0.1) is 35.5 Å². The summed E-state index contributed by atoms with van der Waals surface area (Å²) in [6.07, 6.45) is 11.2. The molecule has 1 aliphatic rings. The maximum absolute atomic E-state index is 11.8. The second-order valence-electron chi connectivity index (χ2n) is 11.4. The third kappa shape index (κ3) is 11.4. The van der Waals surface area contributed by atoms with Crippen LogP contribution in [0.15, 0.2) is 60.8 Å². The lowest BCUT2D eigenvalue weighted by molar-refractivity contribution is -0.149. The van der Waals surface area contributed by atoms with E-state index in [1.165, 1.54) is 0 Å². The molecule has 0 aliphatic carbocycles. The molecule has 40 heavy (non-hydrogen) atoms. The van der Waals surface area contributed by atoms with Crippen LogP contribution in [-0.4, -0.2) is 57.9 Å². The second kappa shape index (κ2) is 17.2. The Hall–Kier alpha value is -2.68. The molecular formula is C32H51NO7. The summed E-state index contributed by atoms with van der Waals surface area (Å²) in [5.74, 6) is -1.37. The van der Waals surface area contributed by atoms with E-state index in [2.05, 4.69) is 6.58 Å². The molecule has 0 spiro atoms. The number of aliphatic hydroxyl groups excluding tert-OH is 3. The Bertz CT molecular complexity index is 940. The highest BCUT2D eigenvalue weighted by Gasteiger charge is 2.33. The van der Waals surface area contributed by atoms with Gasteiger partial charge in [0.15, 0.2) is 0 Å². The molecule has 1 aliphatic heterocycles. The number of carbonyl (C=O) groups excluding carboxylic acids is 2. The van der Waals surface area contributed by atoms with E-state index in [-0.39, 0.29) is 47.6 Å². The normalized spacial score (nSPS) is 24.9. The number of aliphatic hydroxyl groups is 3. The SMILES string of the molecule is C=C/C=C\[C@H](C)[C@H](OC(N)=O)[C@@H](C)[C@H](O)[C@@H](C)C/C=C\[C@H](C)[C@H](O)[C@@H](C)/C=C\[C@@H](O)C[C@@H]1OC(=O)C(C)=C[C@H]1C. The van der Waals surface area contributed by atoms with Crippen LogP contribution in [0.3, 0.4) is 0 Å². The van der Waals surface area contributed by atoms with E-state index in [4.69, 9.17) is 15.2 Å². The van der Waals surface area contributed by atoms with E-state index in [1.807, 2.05) is 65.8 Å². The van der Waals surface area contributed by atoms with Crippen LogP contribution in [0.5, 0.6) is 0 Å². The van der Waals surface area contributed by atoms with Gasteiger partial charge in [-0.1, -0.05) is 96.7 Å². The van der Waals surface area contributed by atoms with Gasteiger partial charge in [-0.2, -0.15) is 0 Å². The summed E-state index contributed by atoms with van der Waals surface area (Å²) in [5.41, 5.74) is 5.86. The third-order valence-corrected chi connectivity index (χ3v) is 7.78. The molecule has 5 N–H and O–H groups in total. The van der Waals surface area contributed by atoms with E-state index in [0.717, 1.165) is 0 Å². The summed E-state index contributed by atoms with van der Waals surface area (Å²) in [5, 5.41) is 32.2. The molecule has 0 saturated carbocycles. The van der Waals surface area contributed by atoms with Gasteiger partial charge in [-0.25, -0.2) is 9.59 Å². The topological polar surface area (TPSA) is 139 Å². The minimum absolute atomic E-state index is 0.0249. The molecular weight excluding hydrogens is 510 g/mol. The van der Waals surface area contributed by atoms with Crippen LogP contribution in [0.25, 0.3) is 0 Å². The fourth-order valence-electron chi connectivity index (χ4n) is 5.05. The Morgan fingerprint density at radius 2 is 1.68 bits per heavy atom. The number of cyclic esters (lactones) is 1. The first-order valence-corrected chi connectivity index (χ1v) is 14.2. The van der Waals surface area contributed by atoms with Gasteiger partial charge in [0.2, 0.25) is 0 Å². The van der Waals surface area contributed by atoms with E-state index in [0.29, 0.717) is 18.4 Å². The predicted octanol–water partition coefficient (Wildman–Crippen LogP) is 4.86. The summed E-state index contributed by atoms with van der Waals surface area (Å²) >= 11 is 0. The predicted molar refractivity (Wildman–Crippen MR) is 158 cm³/mol. The van der Waals surface area contributed by atoms with E-state index in [9.17, 15) is 24.9 Å². The zero-order chi connectivity index (χ0) is 30.6. The Morgan fingerprint density at radius 3 is 2.27 bits per heavy atom. The van der Waals surface area contributed by atoms with Crippen molar-refractivity contribution in [1.29, 1.82) is 0 Å². The molecule has 0 aromatic heterocycles. The third-order valence-electron chi connectivity index (χ3n) is 7.78. The molecule has 11 atom stereocenters. The first kappa shape index (κ1) is 35.3. The van der Waals surface area contributed by atoms with Crippen LogP contribution in [0.1, 0.15) is 61.3 Å². The van der Waals surface area contributed by atoms with Crippen LogP contribution in [0.2, 0.25) is 0 Å². The van der Waals surface area contributed by atoms with Gasteiger partial charge in [0.05, 0.1) is 18.3 Å². The fraction of sp³-hybridized carbons (Fsp3) is 0.625. The van der Waals surface area contributed by atoms with Crippen molar-refractivity contribution in [3.63, 3.8) is 0 Å². The highest BCUT2D eigenvalue weighted by atomic mass is 16.6. The van der Waals surface area contributed by atoms with Crippen LogP contribution in [-0.2, 0) is 14.3 Å². The van der Waals surface area contributed by atoms with E-state index >= 15 is 0 Å². The van der Waals surface area contributed by atoms with Crippen molar-refractivity contribution in [2.45, 2.75) is 91.8 Å². The smallest absolute Gasteiger partial charge is 0.404 e. The highest BCUT2D eigenvalue weighted by Crippen LogP contribution is 2.27. The van der Waals surface area contributed by atoms with Gasteiger partial charge in [0, 0.05) is 41.6 Å². The molecule has 1 heterocycles. The quantitative estimate of drug-likeness (QED) is 0.120. The summed E-state index contributed by atoms with van der Waals surface area (Å²) in [7, 11) is 0. The van der Waals surface area contributed by atoms with Crippen LogP contribution >= 0.6 is 0 Å². The minimum Gasteiger partial charge on any atom is -0.458 e. The number of esters is 1. The lowest BCUT2D eigenvalue weighted by Gasteiger charge is -2.33. The Kier molecular flexibility index (Phi) is 15.2. The number of allylic oxidation sites excluding steroid dienone is 3. The van der Waals surface area contributed by atoms with Crippen LogP contribution in [0.4, 0.5) is 4.79 Å². The number of hydrogen-bond donors (Lipinski definition) is 4. The lowest BCUT2D eigenvalue weighted by Crippen LogP contribution is -2.41. The van der Waals surface area contributed by atoms with Crippen molar-refractivity contribution in [3.8, 4) is 0 Å². The van der Waals surface area contributed by atoms with Gasteiger partial charge >= 0.3 is 12.1 Å². The van der Waals surface area contributed by atoms with Crippen molar-refractivity contribution >= 4 is 12.1 Å². The van der Waals surface area contributed by atoms with Crippen molar-refractivity contribution in [2.75, 3.05) is 0 Å². The maximum atomic E-state index is 11.8. The molecule has 8 heteroatoms. The van der Waals surface area contributed by atoms with Crippen molar-refractivity contribution < 1.29 is 34.4 Å². The van der Waals surface area contributed by atoms with E-state index in [1.54, 1.807) is 31.2 Å². The summed E-state index contributed by atoms with van der Waals surface area (Å²) in [4.78, 5) is 23.3. The van der Waals surface area contributed by atoms with Gasteiger partial charge in [-0.15, -0.1) is 0 Å². The monoisotopic (exact) mass is 561 g/mol. The fourth-order valence-corrected chi connectivity index (χ4v) is 5.05. The Morgan fingerprint density at radius 1 is 1.05 bits per heavy atom. The number of hydrogen-bond acceptors (Lipinski definition) is 7. The average molecular weight is 562 g/mol. The summed E-state index contributed by atoms with van der Waals surface area (Å²) in [6.45, 7) is 16.8. The lowest BCUT2D eigenvalue weighted by atomic mass is 9.82. The van der Waals surface area contributed by atoms with Crippen molar-refractivity contribution in [3.05, 3.63) is 60.8 Å². The number of ether oxygens (including phenoxy) is 2. The number of carbonyl (C=O) groups is 2. The largest absolute Gasteiger partial charge is 0.458 e. The minimum atomic E-state index is -0.881. The Balaban J connectivity index is 2.66. The number of primary amides is 1. The summed E-state index contributed by atoms with van der Waals surface area (Å²) < 4.78 is 10.7. The Labute approximate surface area is 240 Å². The van der Waals surface area contributed by atoms with Gasteiger partial charge in [0.25, 0.3) is 0 Å². The molecule has 0 saturated heterocycles. The number of amides is 1. The zero-order valence-electron chi connectivity index (χ0n) is 25.1.